The second kappa shape index (κ2) is 9.41. The molecule has 1 fully saturated rings. The standard InChI is InChI=1S/C23H24F4N6O/c1-3-31-10-12-32(13-11-31)18-8-9-19(15(2)14-18)28-22(34)20-21(23(25,26)27)33(30-29-20)17-6-4-16(24)5-7-17/h4-9,14H,3,10-13H2,1-2H3,(H,28,34). The molecule has 180 valence electrons. The first-order chi connectivity index (χ1) is 16.2. The fourth-order valence-corrected chi connectivity index (χ4v) is 3.94. The molecule has 0 spiro atoms. The van der Waals surface area contributed by atoms with Gasteiger partial charge in [0.15, 0.2) is 11.4 Å². The number of carbonyl (C=O) groups is 1. The van der Waals surface area contributed by atoms with E-state index in [0.29, 0.717) is 15.9 Å². The van der Waals surface area contributed by atoms with Gasteiger partial charge in [-0.25, -0.2) is 9.07 Å². The maximum Gasteiger partial charge on any atom is 0.435 e. The summed E-state index contributed by atoms with van der Waals surface area (Å²) in [5.41, 5.74) is -0.183. The van der Waals surface area contributed by atoms with Crippen molar-refractivity contribution in [3.63, 3.8) is 0 Å². The SMILES string of the molecule is CCN1CCN(c2ccc(NC(=O)c3nnn(-c4ccc(F)cc4)c3C(F)(F)F)c(C)c2)CC1. The third-order valence-electron chi connectivity index (χ3n) is 5.87. The van der Waals surface area contributed by atoms with Gasteiger partial charge in [-0.3, -0.25) is 4.79 Å². The topological polar surface area (TPSA) is 66.3 Å². The van der Waals surface area contributed by atoms with Crippen LogP contribution in [0.5, 0.6) is 0 Å². The van der Waals surface area contributed by atoms with Crippen molar-refractivity contribution in [2.45, 2.75) is 20.0 Å². The average Bonchev–Trinajstić information content (AvgIpc) is 3.27. The van der Waals surface area contributed by atoms with Crippen molar-refractivity contribution in [3.05, 3.63) is 65.2 Å². The lowest BCUT2D eigenvalue weighted by Gasteiger charge is -2.35. The molecule has 1 aliphatic rings. The molecule has 0 atom stereocenters. The van der Waals surface area contributed by atoms with Crippen LogP contribution in [0.1, 0.15) is 28.7 Å². The Hall–Kier alpha value is -3.47. The zero-order valence-electron chi connectivity index (χ0n) is 18.7. The number of aromatic nitrogens is 3. The third kappa shape index (κ3) is 4.89. The second-order valence-corrected chi connectivity index (χ2v) is 8.05. The van der Waals surface area contributed by atoms with Crippen molar-refractivity contribution in [3.8, 4) is 5.69 Å². The van der Waals surface area contributed by atoms with Crippen molar-refractivity contribution in [2.75, 3.05) is 42.9 Å². The van der Waals surface area contributed by atoms with Crippen LogP contribution >= 0.6 is 0 Å². The Labute approximate surface area is 194 Å². The van der Waals surface area contributed by atoms with Gasteiger partial charge in [0, 0.05) is 37.6 Å². The van der Waals surface area contributed by atoms with Crippen LogP contribution in [0, 0.1) is 12.7 Å². The summed E-state index contributed by atoms with van der Waals surface area (Å²) < 4.78 is 55.2. The predicted molar refractivity (Wildman–Crippen MR) is 120 cm³/mol. The van der Waals surface area contributed by atoms with Crippen molar-refractivity contribution >= 4 is 17.3 Å². The zero-order valence-corrected chi connectivity index (χ0v) is 18.7. The van der Waals surface area contributed by atoms with Crippen LogP contribution in [-0.2, 0) is 6.18 Å². The van der Waals surface area contributed by atoms with Gasteiger partial charge in [-0.2, -0.15) is 13.2 Å². The maximum absolute atomic E-state index is 13.8. The highest BCUT2D eigenvalue weighted by molar-refractivity contribution is 6.04. The van der Waals surface area contributed by atoms with E-state index in [2.05, 4.69) is 32.4 Å². The number of hydrogen-bond acceptors (Lipinski definition) is 5. The molecule has 7 nitrogen and oxygen atoms in total. The minimum atomic E-state index is -4.91. The molecule has 1 aromatic heterocycles. The number of piperazine rings is 1. The van der Waals surface area contributed by atoms with Gasteiger partial charge in [0.05, 0.1) is 5.69 Å². The molecule has 1 N–H and O–H groups in total. The summed E-state index contributed by atoms with van der Waals surface area (Å²) in [6.45, 7) is 8.57. The Morgan fingerprint density at radius 1 is 1.03 bits per heavy atom. The number of alkyl halides is 3. The molecular weight excluding hydrogens is 452 g/mol. The Kier molecular flexibility index (Phi) is 6.56. The van der Waals surface area contributed by atoms with Gasteiger partial charge in [-0.1, -0.05) is 12.1 Å². The van der Waals surface area contributed by atoms with Crippen molar-refractivity contribution in [1.82, 2.24) is 19.9 Å². The Balaban J connectivity index is 1.56. The van der Waals surface area contributed by atoms with E-state index in [9.17, 15) is 22.4 Å². The molecule has 4 rings (SSSR count). The minimum absolute atomic E-state index is 0.0658. The fourth-order valence-electron chi connectivity index (χ4n) is 3.94. The van der Waals surface area contributed by atoms with Gasteiger partial charge in [0.25, 0.3) is 5.91 Å². The highest BCUT2D eigenvalue weighted by Gasteiger charge is 2.42. The van der Waals surface area contributed by atoms with Gasteiger partial charge in [0.2, 0.25) is 0 Å². The van der Waals surface area contributed by atoms with E-state index in [1.807, 2.05) is 12.1 Å². The van der Waals surface area contributed by atoms with E-state index >= 15 is 0 Å². The first-order valence-corrected chi connectivity index (χ1v) is 10.9. The molecule has 0 saturated carbocycles. The van der Waals surface area contributed by atoms with Crippen LogP contribution in [0.25, 0.3) is 5.69 Å². The summed E-state index contributed by atoms with van der Waals surface area (Å²) in [7, 11) is 0. The number of aryl methyl sites for hydroxylation is 1. The summed E-state index contributed by atoms with van der Waals surface area (Å²) in [6, 6.07) is 9.68. The van der Waals surface area contributed by atoms with Crippen LogP contribution in [0.2, 0.25) is 0 Å². The largest absolute Gasteiger partial charge is 0.435 e. The first-order valence-electron chi connectivity index (χ1n) is 10.9. The smallest absolute Gasteiger partial charge is 0.369 e. The lowest BCUT2D eigenvalue weighted by molar-refractivity contribution is -0.143. The molecule has 11 heteroatoms. The molecule has 2 aromatic carbocycles. The van der Waals surface area contributed by atoms with Crippen LogP contribution < -0.4 is 10.2 Å². The number of halogens is 4. The number of rotatable bonds is 5. The number of hydrogen-bond donors (Lipinski definition) is 1. The minimum Gasteiger partial charge on any atom is -0.369 e. The average molecular weight is 476 g/mol. The molecule has 1 aliphatic heterocycles. The quantitative estimate of drug-likeness (QED) is 0.561. The number of nitrogens with one attached hydrogen (secondary N) is 1. The van der Waals surface area contributed by atoms with E-state index in [-0.39, 0.29) is 5.69 Å². The number of likely N-dealkylation sites (N-methyl/N-ethyl adjacent to an activating group) is 1. The van der Waals surface area contributed by atoms with Gasteiger partial charge in [0.1, 0.15) is 5.82 Å². The van der Waals surface area contributed by atoms with E-state index in [4.69, 9.17) is 0 Å². The molecular formula is C23H24F4N6O. The van der Waals surface area contributed by atoms with Gasteiger partial charge >= 0.3 is 6.18 Å². The molecule has 1 amide bonds. The van der Waals surface area contributed by atoms with Crippen LogP contribution in [0.4, 0.5) is 28.9 Å². The summed E-state index contributed by atoms with van der Waals surface area (Å²) in [4.78, 5) is 17.4. The van der Waals surface area contributed by atoms with Gasteiger partial charge in [-0.15, -0.1) is 5.10 Å². The number of nitrogens with zero attached hydrogens (tertiary/aromatic N) is 5. The summed E-state index contributed by atoms with van der Waals surface area (Å²) in [6.07, 6.45) is -4.91. The normalized spacial score (nSPS) is 14.9. The summed E-state index contributed by atoms with van der Waals surface area (Å²) >= 11 is 0. The lowest BCUT2D eigenvalue weighted by Crippen LogP contribution is -2.46. The molecule has 3 aromatic rings. The molecule has 0 radical (unpaired) electrons. The van der Waals surface area contributed by atoms with Crippen LogP contribution in [-0.4, -0.2) is 58.5 Å². The van der Waals surface area contributed by atoms with Crippen molar-refractivity contribution < 1.29 is 22.4 Å². The number of amides is 1. The number of carbonyl (C=O) groups excluding carboxylic acids is 1. The number of anilines is 2. The molecule has 1 saturated heterocycles. The van der Waals surface area contributed by atoms with Gasteiger partial charge in [-0.05, 0) is 61.5 Å². The molecule has 0 bridgehead atoms. The highest BCUT2D eigenvalue weighted by atomic mass is 19.4. The Morgan fingerprint density at radius 2 is 1.68 bits per heavy atom. The Bertz CT molecular complexity index is 1170. The second-order valence-electron chi connectivity index (χ2n) is 8.05. The monoisotopic (exact) mass is 476 g/mol. The third-order valence-corrected chi connectivity index (χ3v) is 5.87. The van der Waals surface area contributed by atoms with Crippen molar-refractivity contribution in [1.29, 1.82) is 0 Å². The fraction of sp³-hybridized carbons (Fsp3) is 0.348. The van der Waals surface area contributed by atoms with E-state index in [0.717, 1.165) is 62.7 Å². The van der Waals surface area contributed by atoms with Gasteiger partial charge < -0.3 is 15.1 Å². The highest BCUT2D eigenvalue weighted by Crippen LogP contribution is 2.33. The molecule has 2 heterocycles. The predicted octanol–water partition coefficient (Wildman–Crippen LogP) is 4.13. The van der Waals surface area contributed by atoms with Crippen molar-refractivity contribution in [2.24, 2.45) is 0 Å². The van der Waals surface area contributed by atoms with E-state index in [1.54, 1.807) is 13.0 Å². The maximum atomic E-state index is 13.8. The zero-order chi connectivity index (χ0) is 24.5. The van der Waals surface area contributed by atoms with E-state index in [1.165, 1.54) is 0 Å². The van der Waals surface area contributed by atoms with Crippen LogP contribution in [0.3, 0.4) is 0 Å². The first kappa shape index (κ1) is 23.7. The van der Waals surface area contributed by atoms with Crippen LogP contribution in [0.15, 0.2) is 42.5 Å². The lowest BCUT2D eigenvalue weighted by atomic mass is 10.1. The van der Waals surface area contributed by atoms with E-state index < -0.39 is 29.3 Å². The summed E-state index contributed by atoms with van der Waals surface area (Å²) in [5, 5.41) is 9.51. The number of benzene rings is 2. The molecule has 0 aliphatic carbocycles. The molecule has 34 heavy (non-hydrogen) atoms. The molecule has 0 unspecified atom stereocenters. The summed E-state index contributed by atoms with van der Waals surface area (Å²) in [5.74, 6) is -1.64. The Morgan fingerprint density at radius 3 is 2.26 bits per heavy atom.